The summed E-state index contributed by atoms with van der Waals surface area (Å²) < 4.78 is 0. The highest BCUT2D eigenvalue weighted by molar-refractivity contribution is 14.0. The summed E-state index contributed by atoms with van der Waals surface area (Å²) >= 11 is 1.78. The van der Waals surface area contributed by atoms with E-state index in [2.05, 4.69) is 39.4 Å². The third-order valence-electron chi connectivity index (χ3n) is 3.94. The highest BCUT2D eigenvalue weighted by Crippen LogP contribution is 2.15. The average molecular weight is 436 g/mol. The normalized spacial score (nSPS) is 19.0. The zero-order chi connectivity index (χ0) is 15.1. The second-order valence-electron chi connectivity index (χ2n) is 6.01. The van der Waals surface area contributed by atoms with Crippen molar-refractivity contribution in [1.29, 1.82) is 0 Å². The van der Waals surface area contributed by atoms with Crippen LogP contribution in [0.2, 0.25) is 0 Å². The largest absolute Gasteiger partial charge is 0.356 e. The Morgan fingerprint density at radius 1 is 1.50 bits per heavy atom. The first-order chi connectivity index (χ1) is 10.2. The number of halogens is 1. The molecule has 1 aromatic rings. The van der Waals surface area contributed by atoms with Gasteiger partial charge in [0.2, 0.25) is 0 Å². The van der Waals surface area contributed by atoms with Gasteiger partial charge in [0.25, 0.3) is 0 Å². The van der Waals surface area contributed by atoms with Crippen LogP contribution in [-0.2, 0) is 6.42 Å². The molecule has 1 saturated heterocycles. The minimum absolute atomic E-state index is 0. The van der Waals surface area contributed by atoms with Gasteiger partial charge in [-0.3, -0.25) is 4.99 Å². The van der Waals surface area contributed by atoms with E-state index in [1.54, 1.807) is 11.3 Å². The van der Waals surface area contributed by atoms with Gasteiger partial charge >= 0.3 is 0 Å². The van der Waals surface area contributed by atoms with Gasteiger partial charge in [-0.25, -0.2) is 4.98 Å². The molecule has 126 valence electrons. The zero-order valence-corrected chi connectivity index (χ0v) is 17.1. The molecular weight excluding hydrogens is 407 g/mol. The first-order valence-electron chi connectivity index (χ1n) is 8.05. The number of rotatable bonds is 5. The van der Waals surface area contributed by atoms with E-state index in [-0.39, 0.29) is 24.0 Å². The van der Waals surface area contributed by atoms with Crippen molar-refractivity contribution in [1.82, 2.24) is 15.2 Å². The second kappa shape index (κ2) is 10.4. The molecule has 0 aliphatic carbocycles. The number of aromatic nitrogens is 1. The van der Waals surface area contributed by atoms with E-state index in [0.717, 1.165) is 43.6 Å². The van der Waals surface area contributed by atoms with Crippen molar-refractivity contribution in [2.24, 2.45) is 10.9 Å². The molecule has 0 spiro atoms. The summed E-state index contributed by atoms with van der Waals surface area (Å²) in [4.78, 5) is 11.3. The average Bonchev–Trinajstić information content (AvgIpc) is 2.88. The van der Waals surface area contributed by atoms with Gasteiger partial charge in [0, 0.05) is 37.8 Å². The summed E-state index contributed by atoms with van der Waals surface area (Å²) in [5, 5.41) is 6.91. The molecule has 0 aromatic carbocycles. The number of likely N-dealkylation sites (tertiary alicyclic amines) is 1. The number of hydrogen-bond acceptors (Lipinski definition) is 3. The molecule has 0 bridgehead atoms. The maximum atomic E-state index is 4.51. The Morgan fingerprint density at radius 3 is 2.95 bits per heavy atom. The molecule has 0 radical (unpaired) electrons. The molecule has 1 atom stereocenters. The summed E-state index contributed by atoms with van der Waals surface area (Å²) in [5.74, 6) is 1.86. The molecule has 1 aromatic heterocycles. The van der Waals surface area contributed by atoms with Gasteiger partial charge in [0.15, 0.2) is 5.96 Å². The molecule has 22 heavy (non-hydrogen) atoms. The fourth-order valence-electron chi connectivity index (χ4n) is 2.83. The van der Waals surface area contributed by atoms with Crippen molar-refractivity contribution in [3.05, 3.63) is 16.1 Å². The minimum Gasteiger partial charge on any atom is -0.356 e. The van der Waals surface area contributed by atoms with E-state index >= 15 is 0 Å². The number of guanidine groups is 1. The van der Waals surface area contributed by atoms with Gasteiger partial charge in [0.05, 0.1) is 5.01 Å². The van der Waals surface area contributed by atoms with Crippen LogP contribution in [0.1, 0.15) is 43.3 Å². The molecule has 1 N–H and O–H groups in total. The Bertz CT molecular complexity index is 461. The summed E-state index contributed by atoms with van der Waals surface area (Å²) in [7, 11) is 1.89. The third kappa shape index (κ3) is 6.40. The number of nitrogens with one attached hydrogen (secondary N) is 1. The summed E-state index contributed by atoms with van der Waals surface area (Å²) in [6.07, 6.45) is 6.08. The number of piperidine rings is 1. The molecule has 1 unspecified atom stereocenters. The third-order valence-corrected chi connectivity index (χ3v) is 4.96. The second-order valence-corrected chi connectivity index (χ2v) is 6.95. The number of aryl methyl sites for hydroxylation is 2. The van der Waals surface area contributed by atoms with E-state index in [1.165, 1.54) is 30.7 Å². The van der Waals surface area contributed by atoms with Gasteiger partial charge in [-0.2, -0.15) is 0 Å². The van der Waals surface area contributed by atoms with Crippen LogP contribution < -0.4 is 5.32 Å². The topological polar surface area (TPSA) is 40.5 Å². The SMILES string of the molecule is CN=C(NCCCCc1nc(C)cs1)N1CCCC(C)C1.I. The van der Waals surface area contributed by atoms with E-state index in [1.807, 2.05) is 7.05 Å². The van der Waals surface area contributed by atoms with E-state index in [9.17, 15) is 0 Å². The van der Waals surface area contributed by atoms with Crippen LogP contribution in [0.5, 0.6) is 0 Å². The van der Waals surface area contributed by atoms with Crippen LogP contribution in [0.4, 0.5) is 0 Å². The Hall–Kier alpha value is -0.370. The maximum absolute atomic E-state index is 4.51. The summed E-state index contributed by atoms with van der Waals surface area (Å²) in [5.41, 5.74) is 1.15. The van der Waals surface area contributed by atoms with Crippen molar-refractivity contribution >= 4 is 41.3 Å². The van der Waals surface area contributed by atoms with Crippen LogP contribution in [0, 0.1) is 12.8 Å². The highest BCUT2D eigenvalue weighted by atomic mass is 127. The zero-order valence-electron chi connectivity index (χ0n) is 14.0. The quantitative estimate of drug-likeness (QED) is 0.331. The monoisotopic (exact) mass is 436 g/mol. The molecule has 6 heteroatoms. The Kier molecular flexibility index (Phi) is 9.31. The predicted molar refractivity (Wildman–Crippen MR) is 107 cm³/mol. The molecule has 2 rings (SSSR count). The molecule has 0 amide bonds. The Labute approximate surface area is 155 Å². The van der Waals surface area contributed by atoms with E-state index in [0.29, 0.717) is 0 Å². The Balaban J connectivity index is 0.00000242. The van der Waals surface area contributed by atoms with Crippen molar-refractivity contribution < 1.29 is 0 Å². The van der Waals surface area contributed by atoms with Crippen molar-refractivity contribution in [3.8, 4) is 0 Å². The van der Waals surface area contributed by atoms with Crippen molar-refractivity contribution in [3.63, 3.8) is 0 Å². The lowest BCUT2D eigenvalue weighted by atomic mass is 10.0. The summed E-state index contributed by atoms with van der Waals surface area (Å²) in [6.45, 7) is 7.67. The van der Waals surface area contributed by atoms with Crippen LogP contribution in [0.15, 0.2) is 10.4 Å². The molecular formula is C16H29IN4S. The number of nitrogens with zero attached hydrogens (tertiary/aromatic N) is 3. The van der Waals surface area contributed by atoms with Crippen LogP contribution in [0.3, 0.4) is 0 Å². The molecule has 4 nitrogen and oxygen atoms in total. The first kappa shape index (κ1) is 19.7. The number of hydrogen-bond donors (Lipinski definition) is 1. The van der Waals surface area contributed by atoms with E-state index in [4.69, 9.17) is 0 Å². The van der Waals surface area contributed by atoms with Crippen molar-refractivity contribution in [2.45, 2.75) is 46.0 Å². The van der Waals surface area contributed by atoms with Crippen molar-refractivity contribution in [2.75, 3.05) is 26.7 Å². The van der Waals surface area contributed by atoms with Gasteiger partial charge in [-0.1, -0.05) is 6.92 Å². The van der Waals surface area contributed by atoms with E-state index < -0.39 is 0 Å². The Morgan fingerprint density at radius 2 is 2.32 bits per heavy atom. The molecule has 1 aliphatic heterocycles. The minimum atomic E-state index is 0. The lowest BCUT2D eigenvalue weighted by Crippen LogP contribution is -2.46. The highest BCUT2D eigenvalue weighted by Gasteiger charge is 2.18. The van der Waals surface area contributed by atoms with Gasteiger partial charge in [-0.05, 0) is 44.9 Å². The number of aliphatic imine (C=N–C) groups is 1. The summed E-state index contributed by atoms with van der Waals surface area (Å²) in [6, 6.07) is 0. The van der Waals surface area contributed by atoms with Crippen LogP contribution in [-0.4, -0.2) is 42.5 Å². The number of unbranched alkanes of at least 4 members (excludes halogenated alkanes) is 1. The van der Waals surface area contributed by atoms with Crippen LogP contribution >= 0.6 is 35.3 Å². The standard InChI is InChI=1S/C16H28N4S.HI/c1-13-7-6-10-20(11-13)16(17-3)18-9-5-4-8-15-19-14(2)12-21-15;/h12-13H,4-11H2,1-3H3,(H,17,18);1H. The molecule has 0 saturated carbocycles. The smallest absolute Gasteiger partial charge is 0.193 e. The lowest BCUT2D eigenvalue weighted by Gasteiger charge is -2.33. The predicted octanol–water partition coefficient (Wildman–Crippen LogP) is 3.70. The molecule has 2 heterocycles. The van der Waals surface area contributed by atoms with Crippen LogP contribution in [0.25, 0.3) is 0 Å². The lowest BCUT2D eigenvalue weighted by molar-refractivity contribution is 0.266. The van der Waals surface area contributed by atoms with Gasteiger partial charge in [-0.15, -0.1) is 35.3 Å². The first-order valence-corrected chi connectivity index (χ1v) is 8.93. The molecule has 1 aliphatic rings. The fraction of sp³-hybridized carbons (Fsp3) is 0.750. The molecule has 1 fully saturated rings. The fourth-order valence-corrected chi connectivity index (χ4v) is 3.65. The van der Waals surface area contributed by atoms with Gasteiger partial charge in [0.1, 0.15) is 0 Å². The maximum Gasteiger partial charge on any atom is 0.193 e. The van der Waals surface area contributed by atoms with Gasteiger partial charge < -0.3 is 10.2 Å². The number of thiazole rings is 1.